The zero-order chi connectivity index (χ0) is 18.8. The largest absolute Gasteiger partial charge is 0.369 e. The molecule has 144 valence electrons. The lowest BCUT2D eigenvalue weighted by Gasteiger charge is -2.33. The SMILES string of the molecule is NC(=O)[C@@H]1CCCN(C(=O)C[NH+]2CCC(c3nc4ccccc4s3)CC2)C1. The van der Waals surface area contributed by atoms with Gasteiger partial charge in [0, 0.05) is 31.8 Å². The van der Waals surface area contributed by atoms with Crippen LogP contribution >= 0.6 is 11.3 Å². The summed E-state index contributed by atoms with van der Waals surface area (Å²) in [6, 6.07) is 8.31. The number of primary amides is 1. The lowest BCUT2D eigenvalue weighted by Crippen LogP contribution is -3.14. The number of hydrogen-bond acceptors (Lipinski definition) is 4. The van der Waals surface area contributed by atoms with Crippen LogP contribution in [-0.4, -0.2) is 54.4 Å². The van der Waals surface area contributed by atoms with Crippen molar-refractivity contribution >= 4 is 33.4 Å². The van der Waals surface area contributed by atoms with Crippen LogP contribution in [-0.2, 0) is 9.59 Å². The number of quaternary nitrogens is 1. The Bertz CT molecular complexity index is 795. The Kier molecular flexibility index (Phi) is 5.41. The molecular formula is C20H27N4O2S+. The third-order valence-electron chi connectivity index (χ3n) is 5.93. The monoisotopic (exact) mass is 387 g/mol. The van der Waals surface area contributed by atoms with Crippen LogP contribution < -0.4 is 10.6 Å². The molecule has 1 aromatic heterocycles. The predicted molar refractivity (Wildman–Crippen MR) is 106 cm³/mol. The van der Waals surface area contributed by atoms with E-state index in [-0.39, 0.29) is 17.7 Å². The number of fused-ring (bicyclic) bond motifs is 1. The maximum absolute atomic E-state index is 12.6. The van der Waals surface area contributed by atoms with Crippen molar-refractivity contribution in [1.82, 2.24) is 9.88 Å². The molecular weight excluding hydrogens is 360 g/mol. The molecule has 0 saturated carbocycles. The number of nitrogens with zero attached hydrogens (tertiary/aromatic N) is 2. The third kappa shape index (κ3) is 4.14. The van der Waals surface area contributed by atoms with E-state index in [4.69, 9.17) is 10.7 Å². The van der Waals surface area contributed by atoms with Gasteiger partial charge in [0.1, 0.15) is 0 Å². The zero-order valence-electron chi connectivity index (χ0n) is 15.5. The van der Waals surface area contributed by atoms with Crippen LogP contribution in [0.5, 0.6) is 0 Å². The summed E-state index contributed by atoms with van der Waals surface area (Å²) >= 11 is 1.81. The van der Waals surface area contributed by atoms with Crippen LogP contribution in [0.25, 0.3) is 10.2 Å². The second-order valence-electron chi connectivity index (χ2n) is 7.80. The number of thiazole rings is 1. The highest BCUT2D eigenvalue weighted by molar-refractivity contribution is 7.18. The topological polar surface area (TPSA) is 80.7 Å². The van der Waals surface area contributed by atoms with Gasteiger partial charge in [-0.15, -0.1) is 11.3 Å². The smallest absolute Gasteiger partial charge is 0.277 e. The van der Waals surface area contributed by atoms with Crippen molar-refractivity contribution in [3.63, 3.8) is 0 Å². The van der Waals surface area contributed by atoms with E-state index in [1.807, 2.05) is 11.0 Å². The number of amides is 2. The molecule has 2 fully saturated rings. The Morgan fingerprint density at radius 3 is 2.74 bits per heavy atom. The number of benzene rings is 1. The van der Waals surface area contributed by atoms with Crippen LogP contribution in [0.1, 0.15) is 36.6 Å². The van der Waals surface area contributed by atoms with E-state index in [0.29, 0.717) is 19.0 Å². The first-order valence-corrected chi connectivity index (χ1v) is 10.7. The third-order valence-corrected chi connectivity index (χ3v) is 7.13. The molecule has 2 amide bonds. The van der Waals surface area contributed by atoms with E-state index >= 15 is 0 Å². The fraction of sp³-hybridized carbons (Fsp3) is 0.550. The second-order valence-corrected chi connectivity index (χ2v) is 8.86. The van der Waals surface area contributed by atoms with Crippen LogP contribution in [0.4, 0.5) is 0 Å². The standard InChI is InChI=1S/C20H26N4O2S/c21-19(26)15-4-3-9-24(12-15)18(25)13-23-10-7-14(8-11-23)20-22-16-5-1-2-6-17(16)27-20/h1-2,5-6,14-15H,3-4,7-13H2,(H2,21,26)/p+1/t15-/m1/s1. The number of carbonyl (C=O) groups excluding carboxylic acids is 2. The Hall–Kier alpha value is -1.99. The van der Waals surface area contributed by atoms with E-state index in [0.717, 1.165) is 50.8 Å². The Morgan fingerprint density at radius 2 is 2.00 bits per heavy atom. The summed E-state index contributed by atoms with van der Waals surface area (Å²) in [5.74, 6) is 0.212. The van der Waals surface area contributed by atoms with E-state index in [9.17, 15) is 9.59 Å². The number of likely N-dealkylation sites (tertiary alicyclic amines) is 2. The summed E-state index contributed by atoms with van der Waals surface area (Å²) in [6.07, 6.45) is 3.83. The van der Waals surface area contributed by atoms with Gasteiger partial charge in [0.25, 0.3) is 5.91 Å². The van der Waals surface area contributed by atoms with Crippen LogP contribution in [0.2, 0.25) is 0 Å². The minimum absolute atomic E-state index is 0.161. The van der Waals surface area contributed by atoms with Crippen molar-refractivity contribution in [2.24, 2.45) is 11.7 Å². The van der Waals surface area contributed by atoms with E-state index < -0.39 is 0 Å². The molecule has 7 heteroatoms. The lowest BCUT2D eigenvalue weighted by molar-refractivity contribution is -0.897. The molecule has 4 rings (SSSR count). The normalized spacial score (nSPS) is 26.2. The van der Waals surface area contributed by atoms with Gasteiger partial charge in [0.15, 0.2) is 6.54 Å². The zero-order valence-corrected chi connectivity index (χ0v) is 16.3. The minimum Gasteiger partial charge on any atom is -0.369 e. The Morgan fingerprint density at radius 1 is 1.22 bits per heavy atom. The molecule has 2 aromatic rings. The maximum Gasteiger partial charge on any atom is 0.277 e. The molecule has 2 saturated heterocycles. The molecule has 0 spiro atoms. The molecule has 0 radical (unpaired) electrons. The number of aromatic nitrogens is 1. The van der Waals surface area contributed by atoms with Crippen LogP contribution in [0.15, 0.2) is 24.3 Å². The highest BCUT2D eigenvalue weighted by Crippen LogP contribution is 2.31. The summed E-state index contributed by atoms with van der Waals surface area (Å²) in [6.45, 7) is 3.77. The van der Waals surface area contributed by atoms with E-state index in [2.05, 4.69) is 18.2 Å². The highest BCUT2D eigenvalue weighted by Gasteiger charge is 2.31. The van der Waals surface area contributed by atoms with Crippen molar-refractivity contribution < 1.29 is 14.5 Å². The lowest BCUT2D eigenvalue weighted by atomic mass is 9.96. The summed E-state index contributed by atoms with van der Waals surface area (Å²) in [7, 11) is 0. The van der Waals surface area contributed by atoms with Gasteiger partial charge in [0.2, 0.25) is 5.91 Å². The molecule has 0 unspecified atom stereocenters. The summed E-state index contributed by atoms with van der Waals surface area (Å²) < 4.78 is 1.26. The first kappa shape index (κ1) is 18.4. The molecule has 0 aliphatic carbocycles. The maximum atomic E-state index is 12.6. The molecule has 6 nitrogen and oxygen atoms in total. The van der Waals surface area contributed by atoms with E-state index in [1.54, 1.807) is 11.3 Å². The average Bonchev–Trinajstić information content (AvgIpc) is 3.13. The van der Waals surface area contributed by atoms with Crippen LogP contribution in [0.3, 0.4) is 0 Å². The van der Waals surface area contributed by atoms with Crippen molar-refractivity contribution in [3.8, 4) is 0 Å². The van der Waals surface area contributed by atoms with Gasteiger partial charge in [0.05, 0.1) is 34.2 Å². The van der Waals surface area contributed by atoms with Crippen molar-refractivity contribution in [3.05, 3.63) is 29.3 Å². The van der Waals surface area contributed by atoms with Crippen molar-refractivity contribution in [2.45, 2.75) is 31.6 Å². The number of carbonyl (C=O) groups is 2. The molecule has 3 heterocycles. The van der Waals surface area contributed by atoms with Crippen LogP contribution in [0, 0.1) is 5.92 Å². The molecule has 1 atom stereocenters. The molecule has 0 bridgehead atoms. The summed E-state index contributed by atoms with van der Waals surface area (Å²) in [4.78, 5) is 32.1. The number of nitrogens with two attached hydrogens (primary N) is 1. The number of piperidine rings is 2. The van der Waals surface area contributed by atoms with Gasteiger partial charge >= 0.3 is 0 Å². The summed E-state index contributed by atoms with van der Waals surface area (Å²) in [5.41, 5.74) is 6.52. The Labute approximate surface area is 163 Å². The van der Waals surface area contributed by atoms with Gasteiger partial charge < -0.3 is 15.5 Å². The number of hydrogen-bond donors (Lipinski definition) is 2. The number of rotatable bonds is 4. The highest BCUT2D eigenvalue weighted by atomic mass is 32.1. The average molecular weight is 388 g/mol. The first-order valence-electron chi connectivity index (χ1n) is 9.86. The second kappa shape index (κ2) is 7.94. The molecule has 3 N–H and O–H groups in total. The van der Waals surface area contributed by atoms with Gasteiger partial charge in [-0.05, 0) is 25.0 Å². The molecule has 27 heavy (non-hydrogen) atoms. The molecule has 2 aliphatic rings. The van der Waals surface area contributed by atoms with E-state index in [1.165, 1.54) is 14.6 Å². The fourth-order valence-corrected chi connectivity index (χ4v) is 5.41. The molecule has 2 aliphatic heterocycles. The van der Waals surface area contributed by atoms with Crippen molar-refractivity contribution in [1.29, 1.82) is 0 Å². The first-order chi connectivity index (χ1) is 13.1. The predicted octanol–water partition coefficient (Wildman–Crippen LogP) is 0.783. The summed E-state index contributed by atoms with van der Waals surface area (Å²) in [5, 5.41) is 1.24. The van der Waals surface area contributed by atoms with Gasteiger partial charge in [-0.25, -0.2) is 4.98 Å². The van der Waals surface area contributed by atoms with Gasteiger partial charge in [-0.1, -0.05) is 12.1 Å². The Balaban J connectivity index is 1.30. The quantitative estimate of drug-likeness (QED) is 0.814. The van der Waals surface area contributed by atoms with Crippen molar-refractivity contribution in [2.75, 3.05) is 32.7 Å². The number of para-hydroxylation sites is 1. The molecule has 1 aromatic carbocycles. The van der Waals surface area contributed by atoms with Gasteiger partial charge in [-0.3, -0.25) is 9.59 Å². The van der Waals surface area contributed by atoms with Gasteiger partial charge in [-0.2, -0.15) is 0 Å². The number of nitrogens with one attached hydrogen (secondary N) is 1. The fourth-order valence-electron chi connectivity index (χ4n) is 4.28. The minimum atomic E-state index is -0.281.